The minimum atomic E-state index is 0.568. The maximum atomic E-state index is 6.31. The molecule has 136 valence electrons. The van der Waals surface area contributed by atoms with Crippen molar-refractivity contribution in [2.45, 2.75) is 13.8 Å². The van der Waals surface area contributed by atoms with Crippen LogP contribution in [-0.2, 0) is 0 Å². The quantitative estimate of drug-likeness (QED) is 0.367. The summed E-state index contributed by atoms with van der Waals surface area (Å²) in [7, 11) is 0. The van der Waals surface area contributed by atoms with Crippen molar-refractivity contribution in [2.24, 2.45) is 4.99 Å². The maximum absolute atomic E-state index is 6.31. The Balaban J connectivity index is 1.84. The SMILES string of the molecule is Cc1ccc(N=c2oc(-c3ccc(C)cc3)cc3cc4ccccc4n23)cc1. The third-order valence-corrected chi connectivity index (χ3v) is 5.01. The van der Waals surface area contributed by atoms with E-state index in [0.717, 1.165) is 28.0 Å². The molecule has 0 amide bonds. The lowest BCUT2D eigenvalue weighted by atomic mass is 10.1. The first kappa shape index (κ1) is 16.6. The predicted octanol–water partition coefficient (Wildman–Crippen LogP) is 6.20. The van der Waals surface area contributed by atoms with Crippen molar-refractivity contribution in [3.05, 3.63) is 102 Å². The number of aryl methyl sites for hydroxylation is 2. The molecule has 0 aliphatic carbocycles. The van der Waals surface area contributed by atoms with E-state index in [1.807, 2.05) is 18.2 Å². The first-order chi connectivity index (χ1) is 13.7. The average Bonchev–Trinajstić information content (AvgIpc) is 3.09. The topological polar surface area (TPSA) is 29.9 Å². The Bertz CT molecular complexity index is 1350. The van der Waals surface area contributed by atoms with E-state index in [1.165, 1.54) is 16.5 Å². The smallest absolute Gasteiger partial charge is 0.307 e. The van der Waals surface area contributed by atoms with Crippen LogP contribution in [0.2, 0.25) is 0 Å². The standard InChI is InChI=1S/C25H20N2O/c1-17-7-11-19(12-8-17)24-16-22-15-20-5-3-4-6-23(20)27(22)25(28-24)26-21-13-9-18(2)10-14-21/h3-16H,1-2H3. The Hall–Kier alpha value is -3.59. The molecule has 3 heteroatoms. The minimum absolute atomic E-state index is 0.568. The Morgan fingerprint density at radius 3 is 2.18 bits per heavy atom. The zero-order valence-electron chi connectivity index (χ0n) is 15.9. The summed E-state index contributed by atoms with van der Waals surface area (Å²) in [5, 5.41) is 1.17. The van der Waals surface area contributed by atoms with Crippen molar-refractivity contribution < 1.29 is 4.42 Å². The number of fused-ring (bicyclic) bond motifs is 3. The van der Waals surface area contributed by atoms with Gasteiger partial charge in [0.2, 0.25) is 0 Å². The van der Waals surface area contributed by atoms with Crippen LogP contribution in [0.15, 0.2) is 94.3 Å². The number of rotatable bonds is 2. The number of para-hydroxylation sites is 1. The summed E-state index contributed by atoms with van der Waals surface area (Å²) in [5.41, 5.74) is 7.06. The van der Waals surface area contributed by atoms with Gasteiger partial charge in [-0.05, 0) is 38.1 Å². The fraction of sp³-hybridized carbons (Fsp3) is 0.0800. The molecule has 0 aliphatic rings. The van der Waals surface area contributed by atoms with Gasteiger partial charge in [-0.2, -0.15) is 4.99 Å². The Morgan fingerprint density at radius 2 is 1.43 bits per heavy atom. The average molecular weight is 364 g/mol. The van der Waals surface area contributed by atoms with Gasteiger partial charge in [-0.3, -0.25) is 4.40 Å². The summed E-state index contributed by atoms with van der Waals surface area (Å²) in [5.74, 6) is 0.807. The first-order valence-electron chi connectivity index (χ1n) is 9.40. The molecule has 5 rings (SSSR count). The molecule has 2 aromatic heterocycles. The molecule has 0 bridgehead atoms. The van der Waals surface area contributed by atoms with Crippen LogP contribution in [0.1, 0.15) is 11.1 Å². The second-order valence-corrected chi connectivity index (χ2v) is 7.17. The molecule has 0 radical (unpaired) electrons. The number of hydrogen-bond donors (Lipinski definition) is 0. The summed E-state index contributed by atoms with van der Waals surface area (Å²) in [4.78, 5) is 4.83. The van der Waals surface area contributed by atoms with Gasteiger partial charge in [-0.25, -0.2) is 0 Å². The highest BCUT2D eigenvalue weighted by Gasteiger charge is 2.10. The maximum Gasteiger partial charge on any atom is 0.307 e. The monoisotopic (exact) mass is 364 g/mol. The van der Waals surface area contributed by atoms with E-state index in [1.54, 1.807) is 0 Å². The van der Waals surface area contributed by atoms with Crippen LogP contribution in [-0.4, -0.2) is 4.40 Å². The summed E-state index contributed by atoms with van der Waals surface area (Å²) in [6, 6.07) is 29.1. The van der Waals surface area contributed by atoms with Crippen molar-refractivity contribution >= 4 is 22.1 Å². The second-order valence-electron chi connectivity index (χ2n) is 7.17. The van der Waals surface area contributed by atoms with E-state index in [4.69, 9.17) is 9.41 Å². The zero-order valence-corrected chi connectivity index (χ0v) is 15.9. The van der Waals surface area contributed by atoms with Gasteiger partial charge >= 0.3 is 5.68 Å². The van der Waals surface area contributed by atoms with Crippen molar-refractivity contribution in [1.29, 1.82) is 0 Å². The van der Waals surface area contributed by atoms with Crippen LogP contribution in [0.5, 0.6) is 0 Å². The minimum Gasteiger partial charge on any atom is -0.425 e. The van der Waals surface area contributed by atoms with Crippen LogP contribution in [0.25, 0.3) is 27.7 Å². The zero-order chi connectivity index (χ0) is 19.1. The molecule has 2 heterocycles. The van der Waals surface area contributed by atoms with Crippen molar-refractivity contribution in [2.75, 3.05) is 0 Å². The lowest BCUT2D eigenvalue weighted by Gasteiger charge is -2.05. The summed E-state index contributed by atoms with van der Waals surface area (Å²) < 4.78 is 8.39. The Kier molecular flexibility index (Phi) is 3.87. The van der Waals surface area contributed by atoms with Gasteiger partial charge in [-0.1, -0.05) is 65.7 Å². The summed E-state index contributed by atoms with van der Waals surface area (Å²) >= 11 is 0. The van der Waals surface area contributed by atoms with Crippen molar-refractivity contribution in [3.8, 4) is 11.3 Å². The predicted molar refractivity (Wildman–Crippen MR) is 114 cm³/mol. The lowest BCUT2D eigenvalue weighted by molar-refractivity contribution is 0.477. The largest absolute Gasteiger partial charge is 0.425 e. The Morgan fingerprint density at radius 1 is 0.750 bits per heavy atom. The second kappa shape index (κ2) is 6.54. The molecule has 3 aromatic carbocycles. The number of nitrogens with zero attached hydrogens (tertiary/aromatic N) is 2. The van der Waals surface area contributed by atoms with Gasteiger partial charge in [0.25, 0.3) is 0 Å². The fourth-order valence-corrected chi connectivity index (χ4v) is 3.47. The normalized spacial score (nSPS) is 12.1. The molecule has 0 N–H and O–H groups in total. The van der Waals surface area contributed by atoms with E-state index in [0.29, 0.717) is 5.68 Å². The fourth-order valence-electron chi connectivity index (χ4n) is 3.47. The molecule has 0 saturated heterocycles. The van der Waals surface area contributed by atoms with Crippen LogP contribution >= 0.6 is 0 Å². The molecule has 3 nitrogen and oxygen atoms in total. The molecule has 5 aromatic rings. The van der Waals surface area contributed by atoms with E-state index in [2.05, 4.69) is 85.0 Å². The molecular weight excluding hydrogens is 344 g/mol. The molecule has 0 spiro atoms. The molecule has 0 atom stereocenters. The summed E-state index contributed by atoms with van der Waals surface area (Å²) in [6.07, 6.45) is 0. The van der Waals surface area contributed by atoms with Gasteiger partial charge < -0.3 is 4.42 Å². The van der Waals surface area contributed by atoms with E-state index < -0.39 is 0 Å². The molecule has 0 unspecified atom stereocenters. The van der Waals surface area contributed by atoms with E-state index >= 15 is 0 Å². The molecule has 28 heavy (non-hydrogen) atoms. The van der Waals surface area contributed by atoms with E-state index in [9.17, 15) is 0 Å². The van der Waals surface area contributed by atoms with Gasteiger partial charge in [0, 0.05) is 17.0 Å². The van der Waals surface area contributed by atoms with Crippen LogP contribution < -0.4 is 5.68 Å². The number of hydrogen-bond acceptors (Lipinski definition) is 2. The van der Waals surface area contributed by atoms with Gasteiger partial charge in [0.05, 0.1) is 16.7 Å². The van der Waals surface area contributed by atoms with Crippen LogP contribution in [0.4, 0.5) is 5.69 Å². The lowest BCUT2D eigenvalue weighted by Crippen LogP contribution is -2.13. The Labute approximate surface area is 163 Å². The molecule has 0 fully saturated rings. The van der Waals surface area contributed by atoms with Crippen molar-refractivity contribution in [1.82, 2.24) is 4.40 Å². The van der Waals surface area contributed by atoms with Crippen LogP contribution in [0, 0.1) is 13.8 Å². The number of benzene rings is 3. The highest BCUT2D eigenvalue weighted by molar-refractivity contribution is 5.87. The molecule has 0 saturated carbocycles. The molecule has 0 aliphatic heterocycles. The highest BCUT2D eigenvalue weighted by atomic mass is 16.3. The number of aromatic nitrogens is 1. The van der Waals surface area contributed by atoms with Gasteiger partial charge in [-0.15, -0.1) is 0 Å². The van der Waals surface area contributed by atoms with E-state index in [-0.39, 0.29) is 0 Å². The third-order valence-electron chi connectivity index (χ3n) is 5.01. The first-order valence-corrected chi connectivity index (χ1v) is 9.40. The van der Waals surface area contributed by atoms with Crippen molar-refractivity contribution in [3.63, 3.8) is 0 Å². The molecular formula is C25H20N2O. The van der Waals surface area contributed by atoms with Crippen LogP contribution in [0.3, 0.4) is 0 Å². The van der Waals surface area contributed by atoms with Gasteiger partial charge in [0.15, 0.2) is 0 Å². The summed E-state index contributed by atoms with van der Waals surface area (Å²) in [6.45, 7) is 4.16. The third kappa shape index (κ3) is 2.91. The highest BCUT2D eigenvalue weighted by Crippen LogP contribution is 2.25. The van der Waals surface area contributed by atoms with Gasteiger partial charge in [0.1, 0.15) is 5.76 Å².